The van der Waals surface area contributed by atoms with E-state index in [2.05, 4.69) is 45.7 Å². The van der Waals surface area contributed by atoms with Crippen molar-refractivity contribution in [3.63, 3.8) is 0 Å². The van der Waals surface area contributed by atoms with Crippen LogP contribution in [0.25, 0.3) is 10.8 Å². The van der Waals surface area contributed by atoms with E-state index in [0.29, 0.717) is 11.8 Å². The molecule has 0 bridgehead atoms. The summed E-state index contributed by atoms with van der Waals surface area (Å²) in [7, 11) is -24.1. The third-order valence-electron chi connectivity index (χ3n) is 6.24. The number of phenolic OH excluding ortho intramolecular Hbond substituents is 2. The van der Waals surface area contributed by atoms with Crippen molar-refractivity contribution in [1.82, 2.24) is 0 Å². The third kappa shape index (κ3) is 26.0. The normalized spacial score (nSPS) is 11.2. The summed E-state index contributed by atoms with van der Waals surface area (Å²) < 4.78 is 175. The predicted octanol–water partition coefficient (Wildman–Crippen LogP) is -9.94. The molecular formula is C27H25CuN5Na4O20S6-2. The Labute approximate surface area is 461 Å². The molecule has 4 rings (SSSR count). The van der Waals surface area contributed by atoms with Crippen molar-refractivity contribution in [2.45, 2.75) is 14.7 Å². The van der Waals surface area contributed by atoms with Crippen LogP contribution in [-0.4, -0.2) is 106 Å². The smallest absolute Gasteiger partial charge is 0.744 e. The summed E-state index contributed by atoms with van der Waals surface area (Å²) in [5, 5.41) is 40.3. The molecule has 0 aromatic heterocycles. The molecular weight excluding hydrogens is 1060 g/mol. The Balaban J connectivity index is -0.000000515. The van der Waals surface area contributed by atoms with Crippen molar-refractivity contribution in [2.75, 3.05) is 23.9 Å². The molecule has 0 aliphatic carbocycles. The molecule has 0 aliphatic rings. The van der Waals surface area contributed by atoms with E-state index in [9.17, 15) is 40.0 Å². The molecule has 25 nitrogen and oxygen atoms in total. The largest absolute Gasteiger partial charge is 1.00 e. The van der Waals surface area contributed by atoms with E-state index in [-0.39, 0.29) is 168 Å². The molecule has 331 valence electrons. The molecule has 1 radical (unpaired) electrons. The van der Waals surface area contributed by atoms with Crippen molar-refractivity contribution < 1.29 is 223 Å². The van der Waals surface area contributed by atoms with Gasteiger partial charge in [-0.15, -0.1) is 17.7 Å². The minimum absolute atomic E-state index is 0. The maximum absolute atomic E-state index is 12.2. The van der Waals surface area contributed by atoms with E-state index in [1.807, 2.05) is 0 Å². The standard InChI is InChI=1S/C27H24N5O9S3.Cu.4Na.2H2O4S.O3S/c1-4-42(35,36)16-6-10-20(24(33)14-16)29-31-23-13-8-18-19(27(23)34)9-12-22(28-3)26(18)32-30-21-11-7-17(43(37,38)5-2)15-25(21)44(39,40)41;;;;;;2*1-5(2,3)4;1-4(2)3/h6-12,14-15,28,33-34H,1-2,4-5H2,3H3,(H,39,40,41);;;;;;2*(H2,1,2,3,4);/q-3;;4*+1;;;/p-3. The van der Waals surface area contributed by atoms with Crippen molar-refractivity contribution in [3.05, 3.63) is 74.5 Å². The van der Waals surface area contributed by atoms with Gasteiger partial charge < -0.3 is 43.0 Å². The SMILES string of the molecule is O=S(=O)([O-])O.O=S(=O)([O-])O.O=S(=O)=O.[CH2-]CS(=O)(=O)c1ccc(N=Nc2[c-]cc3c(N=Nc4ccc(S(=O)(=O)C[CH2-])cc4S(=O)(=O)[O-])c(NC)ccc3c2O)c(O)c1.[Cu].[Na+].[Na+].[Na+].[Na+]. The van der Waals surface area contributed by atoms with Crippen LogP contribution < -0.4 is 124 Å². The van der Waals surface area contributed by atoms with E-state index in [1.54, 1.807) is 7.05 Å². The fraction of sp³-hybridized carbons (Fsp3) is 0.111. The van der Waals surface area contributed by atoms with Gasteiger partial charge >= 0.3 is 129 Å². The second-order valence-corrected chi connectivity index (χ2v) is 17.7. The summed E-state index contributed by atoms with van der Waals surface area (Å²) in [6.07, 6.45) is 0. The molecule has 4 aromatic rings. The van der Waals surface area contributed by atoms with Gasteiger partial charge in [-0.05, 0) is 36.4 Å². The topological polar surface area (TPSA) is 433 Å². The van der Waals surface area contributed by atoms with E-state index >= 15 is 0 Å². The molecule has 0 saturated carbocycles. The summed E-state index contributed by atoms with van der Waals surface area (Å²) >= 11 is 0. The molecule has 0 amide bonds. The Morgan fingerprint density at radius 1 is 0.667 bits per heavy atom. The number of aromatic hydroxyl groups is 2. The number of azo groups is 2. The molecule has 0 atom stereocenters. The summed E-state index contributed by atoms with van der Waals surface area (Å²) in [6, 6.07) is 13.4. The van der Waals surface area contributed by atoms with Crippen molar-refractivity contribution in [2.24, 2.45) is 20.5 Å². The number of sulfone groups is 2. The van der Waals surface area contributed by atoms with Gasteiger partial charge in [-0.25, -0.2) is 42.1 Å². The van der Waals surface area contributed by atoms with Crippen LogP contribution in [0, 0.1) is 19.9 Å². The summed E-state index contributed by atoms with van der Waals surface area (Å²) in [6.45, 7) is 6.65. The molecule has 36 heteroatoms. The Bertz CT molecular complexity index is 2880. The molecule has 0 fully saturated rings. The Hall–Kier alpha value is -0.571. The number of rotatable bonds is 10. The average Bonchev–Trinajstić information content (AvgIpc) is 3.08. The molecule has 4 aromatic carbocycles. The second kappa shape index (κ2) is 30.7. The number of nitrogens with zero attached hydrogens (tertiary/aromatic N) is 4. The first-order valence-corrected chi connectivity index (χ1v) is 22.6. The number of anilines is 1. The van der Waals surface area contributed by atoms with Gasteiger partial charge in [-0.2, -0.15) is 27.5 Å². The Morgan fingerprint density at radius 2 is 1.08 bits per heavy atom. The summed E-state index contributed by atoms with van der Waals surface area (Å²) in [4.78, 5) is -1.47. The molecule has 0 unspecified atom stereocenters. The van der Waals surface area contributed by atoms with Crippen LogP contribution >= 0.6 is 0 Å². The van der Waals surface area contributed by atoms with Crippen LogP contribution in [0.2, 0.25) is 0 Å². The van der Waals surface area contributed by atoms with E-state index < -0.39 is 99.7 Å². The molecule has 0 saturated heterocycles. The van der Waals surface area contributed by atoms with Crippen LogP contribution in [0.3, 0.4) is 0 Å². The maximum atomic E-state index is 12.2. The van der Waals surface area contributed by atoms with Gasteiger partial charge in [-0.1, -0.05) is 28.3 Å². The predicted molar refractivity (Wildman–Crippen MR) is 194 cm³/mol. The van der Waals surface area contributed by atoms with Crippen LogP contribution in [0.5, 0.6) is 11.5 Å². The van der Waals surface area contributed by atoms with Crippen LogP contribution in [0.15, 0.2) is 89.7 Å². The van der Waals surface area contributed by atoms with Crippen LogP contribution in [0.1, 0.15) is 0 Å². The van der Waals surface area contributed by atoms with Gasteiger partial charge in [0.25, 0.3) is 0 Å². The number of fused-ring (bicyclic) bond motifs is 1. The van der Waals surface area contributed by atoms with Crippen LogP contribution in [0.4, 0.5) is 28.4 Å². The minimum Gasteiger partial charge on any atom is -0.744 e. The zero-order valence-electron chi connectivity index (χ0n) is 32.9. The Morgan fingerprint density at radius 3 is 1.48 bits per heavy atom. The number of hydrogen-bond donors (Lipinski definition) is 5. The summed E-state index contributed by atoms with van der Waals surface area (Å²) in [5.74, 6) is -1.84. The first-order chi connectivity index (χ1) is 26.4. The quantitative estimate of drug-likeness (QED) is 0.0324. The van der Waals surface area contributed by atoms with Crippen molar-refractivity contribution >= 4 is 100 Å². The molecule has 5 N–H and O–H groups in total. The van der Waals surface area contributed by atoms with Gasteiger partial charge in [0, 0.05) is 47.3 Å². The molecule has 0 spiro atoms. The molecule has 63 heavy (non-hydrogen) atoms. The monoisotopic (exact) mass is 1090 g/mol. The van der Waals surface area contributed by atoms with Gasteiger partial charge in [0.1, 0.15) is 27.2 Å². The first-order valence-electron chi connectivity index (χ1n) is 14.2. The number of benzene rings is 4. The van der Waals surface area contributed by atoms with E-state index in [1.165, 1.54) is 30.3 Å². The molecule has 0 aliphatic heterocycles. The van der Waals surface area contributed by atoms with Crippen molar-refractivity contribution in [3.8, 4) is 11.5 Å². The summed E-state index contributed by atoms with van der Waals surface area (Å²) in [5.41, 5.74) is -0.168. The average molecular weight is 1090 g/mol. The van der Waals surface area contributed by atoms with Gasteiger partial charge in [0.2, 0.25) is 20.8 Å². The number of hydrogen-bond acceptors (Lipinski definition) is 23. The second-order valence-electron chi connectivity index (χ2n) is 9.99. The Kier molecular flexibility index (Phi) is 34.8. The number of nitrogens with one attached hydrogen (secondary N) is 1. The van der Waals surface area contributed by atoms with E-state index in [4.69, 9.17) is 47.7 Å². The van der Waals surface area contributed by atoms with Crippen LogP contribution in [-0.2, 0) is 78.3 Å². The van der Waals surface area contributed by atoms with Gasteiger partial charge in [0.15, 0.2) is 19.7 Å². The third-order valence-corrected chi connectivity index (χ3v) is 10.1. The zero-order chi connectivity index (χ0) is 45.0. The van der Waals surface area contributed by atoms with Gasteiger partial charge in [-0.3, -0.25) is 9.11 Å². The van der Waals surface area contributed by atoms with Crippen molar-refractivity contribution in [1.29, 1.82) is 0 Å². The zero-order valence-corrected chi connectivity index (χ0v) is 46.7. The van der Waals surface area contributed by atoms with Gasteiger partial charge in [0.05, 0.1) is 20.4 Å². The number of phenols is 2. The van der Waals surface area contributed by atoms with E-state index in [0.717, 1.165) is 18.2 Å². The minimum atomic E-state index is -5.17. The molecule has 0 heterocycles. The first kappa shape index (κ1) is 71.4. The maximum Gasteiger partial charge on any atom is 1.00 e. The fourth-order valence-corrected chi connectivity index (χ4v) is 6.20. The fourth-order valence-electron chi connectivity index (χ4n) is 3.88.